The standard InChI is InChI=1S/C30H48O/c1-3-5-6-11-21-30(22-12-8-13-23-30)24-20-28(25-26-14-9-7-10-15-26)27-16-18-29(19-17-27)31-4-2/h14,16-19,28H,3-13,15,20-25H2,1-2H3. The van der Waals surface area contributed by atoms with Crippen molar-refractivity contribution in [1.82, 2.24) is 0 Å². The maximum absolute atomic E-state index is 5.71. The van der Waals surface area contributed by atoms with Gasteiger partial charge in [0.25, 0.3) is 0 Å². The maximum Gasteiger partial charge on any atom is 0.119 e. The van der Waals surface area contributed by atoms with Crippen molar-refractivity contribution in [3.8, 4) is 5.75 Å². The molecule has 1 fully saturated rings. The van der Waals surface area contributed by atoms with Crippen LogP contribution in [-0.2, 0) is 0 Å². The normalized spacial score (nSPS) is 19.6. The van der Waals surface area contributed by atoms with Gasteiger partial charge < -0.3 is 4.74 Å². The summed E-state index contributed by atoms with van der Waals surface area (Å²) in [5.41, 5.74) is 3.90. The van der Waals surface area contributed by atoms with Crippen LogP contribution in [0.2, 0.25) is 0 Å². The highest BCUT2D eigenvalue weighted by molar-refractivity contribution is 5.30. The molecule has 1 aromatic rings. The number of benzene rings is 1. The predicted octanol–water partition coefficient (Wildman–Crippen LogP) is 9.76. The van der Waals surface area contributed by atoms with E-state index in [1.807, 2.05) is 0 Å². The third kappa shape index (κ3) is 7.99. The predicted molar refractivity (Wildman–Crippen MR) is 135 cm³/mol. The zero-order valence-corrected chi connectivity index (χ0v) is 20.6. The van der Waals surface area contributed by atoms with Crippen LogP contribution in [0.15, 0.2) is 35.9 Å². The van der Waals surface area contributed by atoms with Gasteiger partial charge in [0.1, 0.15) is 5.75 Å². The van der Waals surface area contributed by atoms with E-state index < -0.39 is 0 Å². The minimum absolute atomic E-state index is 0.635. The molecule has 0 aromatic heterocycles. The van der Waals surface area contributed by atoms with Gasteiger partial charge in [-0.05, 0) is 100 Å². The minimum atomic E-state index is 0.635. The molecule has 0 N–H and O–H groups in total. The average molecular weight is 425 g/mol. The Morgan fingerprint density at radius 3 is 2.35 bits per heavy atom. The summed E-state index contributed by atoms with van der Waals surface area (Å²) in [6.45, 7) is 5.14. The third-order valence-electron chi connectivity index (χ3n) is 8.05. The first-order chi connectivity index (χ1) is 15.2. The lowest BCUT2D eigenvalue weighted by Crippen LogP contribution is -2.25. The van der Waals surface area contributed by atoms with Gasteiger partial charge in [-0.25, -0.2) is 0 Å². The number of hydrogen-bond donors (Lipinski definition) is 0. The van der Waals surface area contributed by atoms with Crippen LogP contribution in [0.3, 0.4) is 0 Å². The number of allylic oxidation sites excluding steroid dienone is 2. The Kier molecular flexibility index (Phi) is 10.5. The van der Waals surface area contributed by atoms with E-state index in [-0.39, 0.29) is 0 Å². The number of rotatable bonds is 13. The minimum Gasteiger partial charge on any atom is -0.494 e. The summed E-state index contributed by atoms with van der Waals surface area (Å²) < 4.78 is 5.71. The van der Waals surface area contributed by atoms with E-state index in [4.69, 9.17) is 4.74 Å². The highest BCUT2D eigenvalue weighted by Gasteiger charge is 2.32. The molecule has 3 rings (SSSR count). The second-order valence-corrected chi connectivity index (χ2v) is 10.4. The van der Waals surface area contributed by atoms with Crippen LogP contribution in [-0.4, -0.2) is 6.61 Å². The summed E-state index contributed by atoms with van der Waals surface area (Å²) in [6.07, 6.45) is 26.5. The zero-order chi connectivity index (χ0) is 21.8. The van der Waals surface area contributed by atoms with E-state index in [9.17, 15) is 0 Å². The summed E-state index contributed by atoms with van der Waals surface area (Å²) in [5.74, 6) is 1.69. The van der Waals surface area contributed by atoms with Crippen LogP contribution in [0.5, 0.6) is 5.75 Å². The molecule has 1 nitrogen and oxygen atoms in total. The SMILES string of the molecule is CCCCCCC1(CCC(CC2=CCCCC2)c2ccc(OCC)cc2)CCCCC1. The van der Waals surface area contributed by atoms with Gasteiger partial charge in [-0.2, -0.15) is 0 Å². The molecule has 0 aliphatic heterocycles. The highest BCUT2D eigenvalue weighted by Crippen LogP contribution is 2.47. The highest BCUT2D eigenvalue weighted by atomic mass is 16.5. The second kappa shape index (κ2) is 13.3. The van der Waals surface area contributed by atoms with Crippen molar-refractivity contribution >= 4 is 0 Å². The van der Waals surface area contributed by atoms with Gasteiger partial charge in [-0.15, -0.1) is 0 Å². The van der Waals surface area contributed by atoms with Crippen LogP contribution in [0.25, 0.3) is 0 Å². The molecule has 1 heteroatoms. The molecule has 0 saturated heterocycles. The lowest BCUT2D eigenvalue weighted by atomic mass is 9.66. The smallest absolute Gasteiger partial charge is 0.119 e. The first-order valence-electron chi connectivity index (χ1n) is 13.7. The van der Waals surface area contributed by atoms with Gasteiger partial charge in [-0.3, -0.25) is 0 Å². The van der Waals surface area contributed by atoms with Crippen LogP contribution in [0, 0.1) is 5.41 Å². The molecule has 0 spiro atoms. The van der Waals surface area contributed by atoms with Gasteiger partial charge >= 0.3 is 0 Å². The fraction of sp³-hybridized carbons (Fsp3) is 0.733. The van der Waals surface area contributed by atoms with Crippen molar-refractivity contribution in [3.05, 3.63) is 41.5 Å². The van der Waals surface area contributed by atoms with Gasteiger partial charge in [0.15, 0.2) is 0 Å². The van der Waals surface area contributed by atoms with Crippen molar-refractivity contribution in [3.63, 3.8) is 0 Å². The molecule has 2 aliphatic rings. The Hall–Kier alpha value is -1.24. The summed E-state index contributed by atoms with van der Waals surface area (Å²) >= 11 is 0. The Labute approximate surface area is 193 Å². The third-order valence-corrected chi connectivity index (χ3v) is 8.05. The van der Waals surface area contributed by atoms with E-state index >= 15 is 0 Å². The number of ether oxygens (including phenoxy) is 1. The molecular weight excluding hydrogens is 376 g/mol. The van der Waals surface area contributed by atoms with Crippen molar-refractivity contribution in [1.29, 1.82) is 0 Å². The van der Waals surface area contributed by atoms with Crippen LogP contribution in [0.1, 0.15) is 134 Å². The fourth-order valence-electron chi connectivity index (χ4n) is 6.13. The lowest BCUT2D eigenvalue weighted by Gasteiger charge is -2.39. The molecule has 0 bridgehead atoms. The maximum atomic E-state index is 5.71. The zero-order valence-electron chi connectivity index (χ0n) is 20.6. The Bertz CT molecular complexity index is 635. The second-order valence-electron chi connectivity index (χ2n) is 10.4. The van der Waals surface area contributed by atoms with Gasteiger partial charge in [0.2, 0.25) is 0 Å². The van der Waals surface area contributed by atoms with Gasteiger partial charge in [0.05, 0.1) is 6.61 Å². The molecule has 1 unspecified atom stereocenters. The Morgan fingerprint density at radius 2 is 1.68 bits per heavy atom. The fourth-order valence-corrected chi connectivity index (χ4v) is 6.13. The molecule has 174 valence electrons. The lowest BCUT2D eigenvalue weighted by molar-refractivity contribution is 0.144. The molecule has 1 saturated carbocycles. The summed E-state index contributed by atoms with van der Waals surface area (Å²) in [4.78, 5) is 0. The largest absolute Gasteiger partial charge is 0.494 e. The summed E-state index contributed by atoms with van der Waals surface area (Å²) in [7, 11) is 0. The number of hydrogen-bond acceptors (Lipinski definition) is 1. The molecule has 2 aliphatic carbocycles. The Morgan fingerprint density at radius 1 is 0.871 bits per heavy atom. The van der Waals surface area contributed by atoms with Crippen molar-refractivity contribution in [2.75, 3.05) is 6.61 Å². The average Bonchev–Trinajstić information content (AvgIpc) is 2.82. The molecule has 1 atom stereocenters. The van der Waals surface area contributed by atoms with E-state index in [2.05, 4.69) is 44.2 Å². The van der Waals surface area contributed by atoms with E-state index in [1.54, 1.807) is 5.57 Å². The molecule has 0 radical (unpaired) electrons. The monoisotopic (exact) mass is 424 g/mol. The van der Waals surface area contributed by atoms with Crippen molar-refractivity contribution < 1.29 is 4.74 Å². The first kappa shape index (κ1) is 24.4. The quantitative estimate of drug-likeness (QED) is 0.226. The van der Waals surface area contributed by atoms with Crippen LogP contribution < -0.4 is 4.74 Å². The van der Waals surface area contributed by atoms with Crippen molar-refractivity contribution in [2.24, 2.45) is 5.41 Å². The van der Waals surface area contributed by atoms with Gasteiger partial charge in [-0.1, -0.05) is 75.7 Å². The molecule has 0 amide bonds. The van der Waals surface area contributed by atoms with Crippen LogP contribution in [0.4, 0.5) is 0 Å². The first-order valence-corrected chi connectivity index (χ1v) is 13.7. The number of unbranched alkanes of at least 4 members (excludes halogenated alkanes) is 3. The summed E-state index contributed by atoms with van der Waals surface area (Å²) in [5, 5.41) is 0. The van der Waals surface area contributed by atoms with E-state index in [0.717, 1.165) is 12.4 Å². The van der Waals surface area contributed by atoms with Crippen molar-refractivity contribution in [2.45, 2.75) is 129 Å². The topological polar surface area (TPSA) is 9.23 Å². The van der Waals surface area contributed by atoms with E-state index in [1.165, 1.54) is 115 Å². The van der Waals surface area contributed by atoms with E-state index in [0.29, 0.717) is 11.3 Å². The molecule has 0 heterocycles. The van der Waals surface area contributed by atoms with Crippen LogP contribution >= 0.6 is 0 Å². The van der Waals surface area contributed by atoms with Gasteiger partial charge in [0, 0.05) is 0 Å². The summed E-state index contributed by atoms with van der Waals surface area (Å²) in [6, 6.07) is 9.10. The Balaban J connectivity index is 1.68. The molecule has 1 aromatic carbocycles. The molecular formula is C30H48O. The molecule has 31 heavy (non-hydrogen) atoms.